The van der Waals surface area contributed by atoms with Gasteiger partial charge in [-0.15, -0.1) is 0 Å². The predicted molar refractivity (Wildman–Crippen MR) is 77.0 cm³/mol. The number of hydrogen-bond acceptors (Lipinski definition) is 4. The van der Waals surface area contributed by atoms with Crippen molar-refractivity contribution in [1.82, 2.24) is 25.5 Å². The van der Waals surface area contributed by atoms with Crippen LogP contribution in [0.4, 0.5) is 0 Å². The van der Waals surface area contributed by atoms with Crippen molar-refractivity contribution >= 4 is 16.7 Å². The van der Waals surface area contributed by atoms with Crippen molar-refractivity contribution in [2.24, 2.45) is 0 Å². The van der Waals surface area contributed by atoms with Crippen molar-refractivity contribution in [2.75, 3.05) is 6.54 Å². The summed E-state index contributed by atoms with van der Waals surface area (Å²) >= 11 is 0. The first-order valence-corrected chi connectivity index (χ1v) is 6.49. The molecule has 0 atom stereocenters. The normalized spacial score (nSPS) is 10.7. The fourth-order valence-corrected chi connectivity index (χ4v) is 2.10. The number of carbonyl (C=O) groups excluding carboxylic acids is 1. The maximum Gasteiger partial charge on any atom is 0.340 e. The van der Waals surface area contributed by atoms with Crippen LogP contribution < -0.4 is 11.0 Å². The highest BCUT2D eigenvalue weighted by Gasteiger charge is 2.11. The van der Waals surface area contributed by atoms with Crippen LogP contribution in [0.1, 0.15) is 16.3 Å². The number of aromatic amines is 2. The number of H-pyrrole nitrogens is 2. The first kappa shape index (κ1) is 13.0. The summed E-state index contributed by atoms with van der Waals surface area (Å²) in [5.41, 5.74) is 0.0377. The average Bonchev–Trinajstić information content (AvgIpc) is 2.92. The van der Waals surface area contributed by atoms with Crippen LogP contribution in [0.2, 0.25) is 0 Å². The number of fused-ring (bicyclic) bond motifs is 1. The Morgan fingerprint density at radius 3 is 2.90 bits per heavy atom. The minimum Gasteiger partial charge on any atom is -0.350 e. The van der Waals surface area contributed by atoms with Gasteiger partial charge in [-0.05, 0) is 11.5 Å². The van der Waals surface area contributed by atoms with Gasteiger partial charge >= 0.3 is 5.69 Å². The number of nitrogens with zero attached hydrogens (tertiary/aromatic N) is 2. The van der Waals surface area contributed by atoms with E-state index in [1.807, 2.05) is 30.3 Å². The van der Waals surface area contributed by atoms with Crippen LogP contribution in [0, 0.1) is 0 Å². The monoisotopic (exact) mass is 283 g/mol. The molecule has 1 amide bonds. The molecular formula is C14H13N5O2. The number of aromatic nitrogens is 4. The smallest absolute Gasteiger partial charge is 0.340 e. The first-order valence-electron chi connectivity index (χ1n) is 6.49. The highest BCUT2D eigenvalue weighted by molar-refractivity contribution is 6.05. The number of carbonyl (C=O) groups is 1. The van der Waals surface area contributed by atoms with E-state index in [1.54, 1.807) is 6.20 Å². The Kier molecular flexibility index (Phi) is 3.46. The van der Waals surface area contributed by atoms with Gasteiger partial charge in [0, 0.05) is 24.5 Å². The number of amides is 1. The van der Waals surface area contributed by atoms with E-state index in [9.17, 15) is 9.59 Å². The molecule has 7 nitrogen and oxygen atoms in total. The van der Waals surface area contributed by atoms with Gasteiger partial charge in [-0.2, -0.15) is 5.10 Å². The molecule has 0 radical (unpaired) electrons. The van der Waals surface area contributed by atoms with Crippen LogP contribution in [0.25, 0.3) is 10.8 Å². The summed E-state index contributed by atoms with van der Waals surface area (Å²) in [6.45, 7) is 0.366. The van der Waals surface area contributed by atoms with Gasteiger partial charge in [-0.3, -0.25) is 14.8 Å². The first-order chi connectivity index (χ1) is 10.2. The zero-order valence-corrected chi connectivity index (χ0v) is 11.1. The summed E-state index contributed by atoms with van der Waals surface area (Å²) in [7, 11) is 0. The van der Waals surface area contributed by atoms with Gasteiger partial charge in [0.1, 0.15) is 11.5 Å². The van der Waals surface area contributed by atoms with Gasteiger partial charge in [0.2, 0.25) is 0 Å². The van der Waals surface area contributed by atoms with E-state index in [1.165, 1.54) is 0 Å². The SMILES string of the molecule is O=C(NCCc1n[nH]c(=O)[nH]1)c1nccc2ccccc12. The molecule has 2 aromatic heterocycles. The molecule has 0 aliphatic carbocycles. The Balaban J connectivity index is 1.71. The summed E-state index contributed by atoms with van der Waals surface area (Å²) in [5, 5.41) is 10.6. The number of rotatable bonds is 4. The molecule has 0 fully saturated rings. The number of benzene rings is 1. The summed E-state index contributed by atoms with van der Waals surface area (Å²) in [6, 6.07) is 9.44. The molecule has 0 aliphatic heterocycles. The van der Waals surface area contributed by atoms with E-state index >= 15 is 0 Å². The second-order valence-corrected chi connectivity index (χ2v) is 4.51. The van der Waals surface area contributed by atoms with E-state index in [-0.39, 0.29) is 11.6 Å². The van der Waals surface area contributed by atoms with Crippen molar-refractivity contribution in [3.05, 3.63) is 58.5 Å². The third-order valence-electron chi connectivity index (χ3n) is 3.09. The van der Waals surface area contributed by atoms with Crippen LogP contribution in [0.15, 0.2) is 41.3 Å². The van der Waals surface area contributed by atoms with Crippen molar-refractivity contribution < 1.29 is 4.79 Å². The number of pyridine rings is 1. The Hall–Kier alpha value is -2.96. The van der Waals surface area contributed by atoms with Gasteiger partial charge in [-0.1, -0.05) is 24.3 Å². The largest absolute Gasteiger partial charge is 0.350 e. The van der Waals surface area contributed by atoms with Gasteiger partial charge in [-0.25, -0.2) is 9.89 Å². The Labute approximate surface area is 119 Å². The molecule has 0 aliphatic rings. The predicted octanol–water partition coefficient (Wildman–Crippen LogP) is 0.619. The second kappa shape index (κ2) is 5.58. The van der Waals surface area contributed by atoms with Gasteiger partial charge < -0.3 is 5.32 Å². The van der Waals surface area contributed by atoms with Crippen LogP contribution >= 0.6 is 0 Å². The van der Waals surface area contributed by atoms with E-state index < -0.39 is 0 Å². The molecule has 0 unspecified atom stereocenters. The van der Waals surface area contributed by atoms with Crippen molar-refractivity contribution in [2.45, 2.75) is 6.42 Å². The Bertz CT molecular complexity index is 831. The minimum absolute atomic E-state index is 0.246. The fourth-order valence-electron chi connectivity index (χ4n) is 2.10. The topological polar surface area (TPSA) is 104 Å². The highest BCUT2D eigenvalue weighted by atomic mass is 16.2. The van der Waals surface area contributed by atoms with Gasteiger partial charge in [0.15, 0.2) is 0 Å². The lowest BCUT2D eigenvalue weighted by molar-refractivity contribution is 0.0951. The molecule has 106 valence electrons. The second-order valence-electron chi connectivity index (χ2n) is 4.51. The highest BCUT2D eigenvalue weighted by Crippen LogP contribution is 2.15. The molecule has 0 saturated heterocycles. The molecule has 7 heteroatoms. The average molecular weight is 283 g/mol. The van der Waals surface area contributed by atoms with Gasteiger partial charge in [0.05, 0.1) is 0 Å². The maximum atomic E-state index is 12.2. The molecule has 3 rings (SSSR count). The Morgan fingerprint density at radius 1 is 1.24 bits per heavy atom. The molecule has 3 N–H and O–H groups in total. The van der Waals surface area contributed by atoms with Gasteiger partial charge in [0.25, 0.3) is 5.91 Å². The third kappa shape index (κ3) is 2.81. The summed E-state index contributed by atoms with van der Waals surface area (Å²) < 4.78 is 0. The fraction of sp³-hybridized carbons (Fsp3) is 0.143. The molecule has 2 heterocycles. The zero-order valence-electron chi connectivity index (χ0n) is 11.1. The Morgan fingerprint density at radius 2 is 2.10 bits per heavy atom. The molecule has 0 spiro atoms. The molecule has 1 aromatic carbocycles. The van der Waals surface area contributed by atoms with Crippen molar-refractivity contribution in [3.8, 4) is 0 Å². The minimum atomic E-state index is -0.355. The molecule has 3 aromatic rings. The van der Waals surface area contributed by atoms with E-state index in [2.05, 4.69) is 25.5 Å². The summed E-state index contributed by atoms with van der Waals surface area (Å²) in [5.74, 6) is 0.260. The van der Waals surface area contributed by atoms with Crippen LogP contribution in [0.3, 0.4) is 0 Å². The summed E-state index contributed by atoms with van der Waals surface area (Å²) in [4.78, 5) is 29.7. The molecule has 0 saturated carbocycles. The van der Waals surface area contributed by atoms with Crippen molar-refractivity contribution in [1.29, 1.82) is 0 Å². The standard InChI is InChI=1S/C14H13N5O2/c20-13(16-8-6-11-17-14(21)19-18-11)12-10-4-2-1-3-9(10)5-7-15-12/h1-5,7H,6,8H2,(H,16,20)(H2,17,18,19,21). The lowest BCUT2D eigenvalue weighted by atomic mass is 10.1. The van der Waals surface area contributed by atoms with Crippen molar-refractivity contribution in [3.63, 3.8) is 0 Å². The zero-order chi connectivity index (χ0) is 14.7. The van der Waals surface area contributed by atoms with E-state index in [0.29, 0.717) is 24.5 Å². The number of nitrogens with one attached hydrogen (secondary N) is 3. The lowest BCUT2D eigenvalue weighted by Crippen LogP contribution is -2.27. The molecule has 21 heavy (non-hydrogen) atoms. The summed E-state index contributed by atoms with van der Waals surface area (Å²) in [6.07, 6.45) is 2.05. The van der Waals surface area contributed by atoms with E-state index in [4.69, 9.17) is 0 Å². The lowest BCUT2D eigenvalue weighted by Gasteiger charge is -2.06. The third-order valence-corrected chi connectivity index (χ3v) is 3.09. The number of hydrogen-bond donors (Lipinski definition) is 3. The van der Waals surface area contributed by atoms with E-state index in [0.717, 1.165) is 10.8 Å². The molecular weight excluding hydrogens is 270 g/mol. The maximum absolute atomic E-state index is 12.2. The van der Waals surface area contributed by atoms with Crippen LogP contribution in [0.5, 0.6) is 0 Å². The quantitative estimate of drug-likeness (QED) is 0.653. The molecule has 0 bridgehead atoms. The van der Waals surface area contributed by atoms with Crippen LogP contribution in [-0.4, -0.2) is 32.6 Å². The van der Waals surface area contributed by atoms with Crippen LogP contribution in [-0.2, 0) is 6.42 Å².